The molecule has 1 unspecified atom stereocenters. The molecule has 3 N–H and O–H groups in total. The Bertz CT molecular complexity index is 931. The van der Waals surface area contributed by atoms with Crippen molar-refractivity contribution in [2.24, 2.45) is 11.8 Å². The summed E-state index contributed by atoms with van der Waals surface area (Å²) in [6.07, 6.45) is 2.51. The lowest BCUT2D eigenvalue weighted by atomic mass is 9.80. The topological polar surface area (TPSA) is 115 Å². The zero-order valence-electron chi connectivity index (χ0n) is 28.6. The molecular weight excluding hydrogens is 534 g/mol. The number of piperidine rings is 3. The van der Waals surface area contributed by atoms with Gasteiger partial charge in [-0.2, -0.15) is 0 Å². The molecule has 3 saturated heterocycles. The van der Waals surface area contributed by atoms with E-state index in [-0.39, 0.29) is 39.3 Å². The number of hydrogen-bond donors (Lipinski definition) is 3. The molecule has 1 atom stereocenters. The van der Waals surface area contributed by atoms with Gasteiger partial charge in [-0.1, -0.05) is 6.92 Å². The molecule has 0 bridgehead atoms. The third kappa shape index (κ3) is 9.65. The molecule has 0 aromatic heterocycles. The Morgan fingerprint density at radius 1 is 0.476 bits per heavy atom. The standard InChI is InChI=1S/C33H59N3O6/c1-20(25(37)40-21-14-28(2,3)34-29(4,5)15-21)24(26(38)41-22-16-30(6,7)35-31(8,9)17-22)27(39)42-23-18-32(10,11)36-33(12,13)19-23/h20-24,34-36H,14-19H2,1-13H3. The minimum absolute atomic E-state index is 0.226. The Morgan fingerprint density at radius 2 is 0.690 bits per heavy atom. The van der Waals surface area contributed by atoms with Crippen LogP contribution in [0.1, 0.15) is 129 Å². The van der Waals surface area contributed by atoms with Crippen molar-refractivity contribution in [1.29, 1.82) is 0 Å². The zero-order chi connectivity index (χ0) is 32.1. The monoisotopic (exact) mass is 593 g/mol. The molecule has 0 aromatic carbocycles. The Balaban J connectivity index is 1.83. The van der Waals surface area contributed by atoms with Gasteiger partial charge in [-0.25, -0.2) is 0 Å². The first-order valence-electron chi connectivity index (χ1n) is 15.8. The average Bonchev–Trinajstić information content (AvgIpc) is 2.66. The van der Waals surface area contributed by atoms with E-state index in [1.54, 1.807) is 6.92 Å². The van der Waals surface area contributed by atoms with Gasteiger partial charge in [0.15, 0.2) is 5.92 Å². The van der Waals surface area contributed by atoms with Gasteiger partial charge in [0, 0.05) is 71.8 Å². The third-order valence-electron chi connectivity index (χ3n) is 8.69. The second kappa shape index (κ2) is 11.7. The number of ether oxygens (including phenoxy) is 3. The quantitative estimate of drug-likeness (QED) is 0.218. The van der Waals surface area contributed by atoms with Crippen LogP contribution in [0.25, 0.3) is 0 Å². The van der Waals surface area contributed by atoms with Gasteiger partial charge >= 0.3 is 17.9 Å². The van der Waals surface area contributed by atoms with Gasteiger partial charge < -0.3 is 30.2 Å². The molecule has 0 amide bonds. The van der Waals surface area contributed by atoms with Crippen molar-refractivity contribution < 1.29 is 28.6 Å². The second-order valence-corrected chi connectivity index (χ2v) is 17.3. The van der Waals surface area contributed by atoms with Crippen molar-refractivity contribution in [3.63, 3.8) is 0 Å². The normalized spacial score (nSPS) is 27.6. The molecule has 3 aliphatic heterocycles. The van der Waals surface area contributed by atoms with Crippen molar-refractivity contribution in [2.75, 3.05) is 0 Å². The number of carbonyl (C=O) groups is 3. The van der Waals surface area contributed by atoms with Crippen LogP contribution in [0.3, 0.4) is 0 Å². The van der Waals surface area contributed by atoms with Gasteiger partial charge in [0.25, 0.3) is 0 Å². The molecule has 242 valence electrons. The van der Waals surface area contributed by atoms with Gasteiger partial charge in [-0.3, -0.25) is 14.4 Å². The Hall–Kier alpha value is -1.71. The van der Waals surface area contributed by atoms with E-state index in [0.717, 1.165) is 0 Å². The van der Waals surface area contributed by atoms with E-state index in [9.17, 15) is 14.4 Å². The second-order valence-electron chi connectivity index (χ2n) is 17.3. The summed E-state index contributed by atoms with van der Waals surface area (Å²) in [5.41, 5.74) is -1.47. The predicted molar refractivity (Wildman–Crippen MR) is 164 cm³/mol. The van der Waals surface area contributed by atoms with Crippen LogP contribution in [0, 0.1) is 11.8 Å². The number of esters is 3. The van der Waals surface area contributed by atoms with Crippen molar-refractivity contribution in [3.8, 4) is 0 Å². The van der Waals surface area contributed by atoms with E-state index in [2.05, 4.69) is 99.0 Å². The van der Waals surface area contributed by atoms with Crippen LogP contribution in [0.5, 0.6) is 0 Å². The number of rotatable bonds is 7. The lowest BCUT2D eigenvalue weighted by molar-refractivity contribution is -0.181. The fraction of sp³-hybridized carbons (Fsp3) is 0.909. The summed E-state index contributed by atoms with van der Waals surface area (Å²) in [6.45, 7) is 26.5. The Kier molecular flexibility index (Phi) is 9.65. The molecule has 0 radical (unpaired) electrons. The van der Waals surface area contributed by atoms with E-state index in [4.69, 9.17) is 14.2 Å². The maximum absolute atomic E-state index is 13.8. The lowest BCUT2D eigenvalue weighted by Gasteiger charge is -2.47. The molecular formula is C33H59N3O6. The maximum atomic E-state index is 13.8. The summed E-state index contributed by atoms with van der Waals surface area (Å²) < 4.78 is 18.1. The predicted octanol–water partition coefficient (Wildman–Crippen LogP) is 4.80. The summed E-state index contributed by atoms with van der Waals surface area (Å²) in [6, 6.07) is 0. The summed E-state index contributed by atoms with van der Waals surface area (Å²) >= 11 is 0. The highest BCUT2D eigenvalue weighted by Crippen LogP contribution is 2.35. The first-order chi connectivity index (χ1) is 18.8. The molecule has 0 saturated carbocycles. The summed E-state index contributed by atoms with van der Waals surface area (Å²) in [5, 5.41) is 10.8. The van der Waals surface area contributed by atoms with Gasteiger partial charge in [0.2, 0.25) is 0 Å². The highest BCUT2D eigenvalue weighted by atomic mass is 16.6. The minimum Gasteiger partial charge on any atom is -0.462 e. The highest BCUT2D eigenvalue weighted by molar-refractivity contribution is 5.99. The molecule has 9 nitrogen and oxygen atoms in total. The molecule has 42 heavy (non-hydrogen) atoms. The zero-order valence-corrected chi connectivity index (χ0v) is 28.6. The first kappa shape index (κ1) is 34.8. The number of carbonyl (C=O) groups excluding carboxylic acids is 3. The number of nitrogens with one attached hydrogen (secondary N) is 3. The van der Waals surface area contributed by atoms with Gasteiger partial charge in [0.05, 0.1) is 5.92 Å². The van der Waals surface area contributed by atoms with E-state index in [0.29, 0.717) is 38.5 Å². The molecule has 0 aliphatic carbocycles. The van der Waals surface area contributed by atoms with E-state index in [1.807, 2.05) is 0 Å². The molecule has 0 aromatic rings. The van der Waals surface area contributed by atoms with E-state index < -0.39 is 42.0 Å². The highest BCUT2D eigenvalue weighted by Gasteiger charge is 2.48. The molecule has 3 heterocycles. The van der Waals surface area contributed by atoms with Crippen LogP contribution in [-0.2, 0) is 28.6 Å². The fourth-order valence-electron chi connectivity index (χ4n) is 8.32. The average molecular weight is 594 g/mol. The van der Waals surface area contributed by atoms with Gasteiger partial charge in [-0.05, 0) is 83.1 Å². The lowest BCUT2D eigenvalue weighted by Crippen LogP contribution is -2.60. The van der Waals surface area contributed by atoms with Crippen molar-refractivity contribution in [3.05, 3.63) is 0 Å². The van der Waals surface area contributed by atoms with Crippen LogP contribution < -0.4 is 16.0 Å². The fourth-order valence-corrected chi connectivity index (χ4v) is 8.32. The molecule has 3 rings (SSSR count). The molecule has 9 heteroatoms. The van der Waals surface area contributed by atoms with E-state index in [1.165, 1.54) is 0 Å². The summed E-state index contributed by atoms with van der Waals surface area (Å²) in [4.78, 5) is 41.3. The van der Waals surface area contributed by atoms with Crippen LogP contribution >= 0.6 is 0 Å². The smallest absolute Gasteiger partial charge is 0.321 e. The first-order valence-corrected chi connectivity index (χ1v) is 15.8. The minimum atomic E-state index is -1.41. The van der Waals surface area contributed by atoms with Crippen molar-refractivity contribution in [2.45, 2.75) is 180 Å². The summed E-state index contributed by atoms with van der Waals surface area (Å²) in [5.74, 6) is -4.49. The van der Waals surface area contributed by atoms with Crippen LogP contribution in [-0.4, -0.2) is 69.5 Å². The van der Waals surface area contributed by atoms with Crippen LogP contribution in [0.2, 0.25) is 0 Å². The SMILES string of the molecule is CC(C(=O)OC1CC(C)(C)NC(C)(C)C1)C(C(=O)OC1CC(C)(C)NC(C)(C)C1)C(=O)OC1CC(C)(C)NC(C)(C)C1. The van der Waals surface area contributed by atoms with Crippen molar-refractivity contribution >= 4 is 17.9 Å². The van der Waals surface area contributed by atoms with E-state index >= 15 is 0 Å². The number of hydrogen-bond acceptors (Lipinski definition) is 9. The van der Waals surface area contributed by atoms with Crippen LogP contribution in [0.4, 0.5) is 0 Å². The van der Waals surface area contributed by atoms with Crippen LogP contribution in [0.15, 0.2) is 0 Å². The Labute approximate surface area is 254 Å². The molecule has 3 aliphatic rings. The maximum Gasteiger partial charge on any atom is 0.321 e. The van der Waals surface area contributed by atoms with Gasteiger partial charge in [-0.15, -0.1) is 0 Å². The molecule has 3 fully saturated rings. The third-order valence-corrected chi connectivity index (χ3v) is 8.69. The van der Waals surface area contributed by atoms with Gasteiger partial charge in [0.1, 0.15) is 18.3 Å². The Morgan fingerprint density at radius 3 is 0.929 bits per heavy atom. The van der Waals surface area contributed by atoms with Crippen molar-refractivity contribution in [1.82, 2.24) is 16.0 Å². The summed E-state index contributed by atoms with van der Waals surface area (Å²) in [7, 11) is 0. The molecule has 0 spiro atoms. The largest absolute Gasteiger partial charge is 0.462 e.